The van der Waals surface area contributed by atoms with E-state index in [1.807, 2.05) is 12.1 Å². The molecule has 6 nitrogen and oxygen atoms in total. The molecule has 1 aliphatic heterocycles. The molecule has 0 saturated carbocycles. The number of pyridine rings is 1. The molecule has 1 aromatic heterocycles. The summed E-state index contributed by atoms with van der Waals surface area (Å²) >= 11 is 0. The Bertz CT molecular complexity index is 757. The van der Waals surface area contributed by atoms with Gasteiger partial charge < -0.3 is 15.4 Å². The number of ether oxygens (including phenoxy) is 1. The van der Waals surface area contributed by atoms with Crippen LogP contribution in [0.5, 0.6) is 5.75 Å². The fourth-order valence-electron chi connectivity index (χ4n) is 3.53. The molecule has 2 N–H and O–H groups in total. The third-order valence-corrected chi connectivity index (χ3v) is 5.19. The monoisotopic (exact) mass is 395 g/mol. The Hall–Kier alpha value is -2.60. The van der Waals surface area contributed by atoms with Crippen molar-refractivity contribution in [1.29, 1.82) is 0 Å². The Morgan fingerprint density at radius 2 is 2.03 bits per heavy atom. The van der Waals surface area contributed by atoms with E-state index in [0.717, 1.165) is 50.7 Å². The number of likely N-dealkylation sites (tertiary alicyclic amines) is 1. The van der Waals surface area contributed by atoms with Crippen LogP contribution in [-0.4, -0.2) is 54.7 Å². The Labute approximate surface area is 174 Å². The van der Waals surface area contributed by atoms with Gasteiger partial charge in [0.25, 0.3) is 0 Å². The van der Waals surface area contributed by atoms with Gasteiger partial charge in [-0.1, -0.05) is 24.3 Å². The van der Waals surface area contributed by atoms with Gasteiger partial charge in [0.2, 0.25) is 0 Å². The maximum absolute atomic E-state index is 5.67. The molecular formula is C23H33N5O. The number of aromatic nitrogens is 1. The summed E-state index contributed by atoms with van der Waals surface area (Å²) < 4.78 is 5.67. The van der Waals surface area contributed by atoms with Crippen LogP contribution in [0.4, 0.5) is 0 Å². The molecule has 0 amide bonds. The van der Waals surface area contributed by atoms with Gasteiger partial charge in [-0.05, 0) is 49.9 Å². The molecule has 1 aliphatic rings. The van der Waals surface area contributed by atoms with E-state index in [2.05, 4.69) is 63.6 Å². The standard InChI is InChI=1S/C23H33N5O/c1-3-25-23(26-13-16-29-22-9-6-12-24-17-22)27-21-10-14-28(15-11-21)18-20-8-5-4-7-19(20)2/h4-9,12,17,21H,3,10-11,13-16,18H2,1-2H3,(H2,25,26,27). The average Bonchev–Trinajstić information content (AvgIpc) is 2.75. The van der Waals surface area contributed by atoms with Crippen LogP contribution >= 0.6 is 0 Å². The number of hydrogen-bond donors (Lipinski definition) is 2. The van der Waals surface area contributed by atoms with Crippen LogP contribution in [0.15, 0.2) is 53.8 Å². The van der Waals surface area contributed by atoms with Gasteiger partial charge in [0.15, 0.2) is 5.96 Å². The topological polar surface area (TPSA) is 61.8 Å². The van der Waals surface area contributed by atoms with Crippen molar-refractivity contribution in [2.75, 3.05) is 32.8 Å². The highest BCUT2D eigenvalue weighted by Gasteiger charge is 2.20. The van der Waals surface area contributed by atoms with Crippen molar-refractivity contribution >= 4 is 5.96 Å². The summed E-state index contributed by atoms with van der Waals surface area (Å²) in [4.78, 5) is 11.3. The lowest BCUT2D eigenvalue weighted by Gasteiger charge is -2.33. The minimum atomic E-state index is 0.458. The summed E-state index contributed by atoms with van der Waals surface area (Å²) in [6.07, 6.45) is 5.72. The first kappa shape index (κ1) is 21.1. The molecule has 1 saturated heterocycles. The van der Waals surface area contributed by atoms with Crippen molar-refractivity contribution in [3.8, 4) is 5.75 Å². The van der Waals surface area contributed by atoms with E-state index in [0.29, 0.717) is 19.2 Å². The summed E-state index contributed by atoms with van der Waals surface area (Å²) in [5, 5.41) is 6.94. The summed E-state index contributed by atoms with van der Waals surface area (Å²) in [7, 11) is 0. The van der Waals surface area contributed by atoms with Crippen LogP contribution in [0, 0.1) is 6.92 Å². The molecule has 156 valence electrons. The second-order valence-electron chi connectivity index (χ2n) is 7.42. The van der Waals surface area contributed by atoms with E-state index < -0.39 is 0 Å². The van der Waals surface area contributed by atoms with Crippen molar-refractivity contribution in [2.24, 2.45) is 4.99 Å². The van der Waals surface area contributed by atoms with Crippen molar-refractivity contribution in [3.63, 3.8) is 0 Å². The van der Waals surface area contributed by atoms with Gasteiger partial charge in [-0.25, -0.2) is 4.99 Å². The van der Waals surface area contributed by atoms with Gasteiger partial charge in [0.1, 0.15) is 12.4 Å². The third kappa shape index (κ3) is 7.06. The van der Waals surface area contributed by atoms with Gasteiger partial charge >= 0.3 is 0 Å². The van der Waals surface area contributed by atoms with Gasteiger partial charge in [0.05, 0.1) is 12.7 Å². The minimum Gasteiger partial charge on any atom is -0.490 e. The van der Waals surface area contributed by atoms with Crippen LogP contribution in [0.3, 0.4) is 0 Å². The van der Waals surface area contributed by atoms with Crippen LogP contribution in [0.2, 0.25) is 0 Å². The van der Waals surface area contributed by atoms with Crippen molar-refractivity contribution in [3.05, 3.63) is 59.9 Å². The van der Waals surface area contributed by atoms with Crippen LogP contribution in [0.25, 0.3) is 0 Å². The van der Waals surface area contributed by atoms with E-state index >= 15 is 0 Å². The van der Waals surface area contributed by atoms with Gasteiger partial charge in [-0.3, -0.25) is 9.88 Å². The second-order valence-corrected chi connectivity index (χ2v) is 7.42. The number of hydrogen-bond acceptors (Lipinski definition) is 4. The molecule has 0 unspecified atom stereocenters. The molecule has 6 heteroatoms. The van der Waals surface area contributed by atoms with Crippen LogP contribution in [0.1, 0.15) is 30.9 Å². The number of nitrogens with one attached hydrogen (secondary N) is 2. The quantitative estimate of drug-likeness (QED) is 0.409. The van der Waals surface area contributed by atoms with Crippen molar-refractivity contribution in [1.82, 2.24) is 20.5 Å². The van der Waals surface area contributed by atoms with E-state index in [4.69, 9.17) is 4.74 Å². The van der Waals surface area contributed by atoms with Crippen LogP contribution in [-0.2, 0) is 6.54 Å². The number of aryl methyl sites for hydroxylation is 1. The fourth-order valence-corrected chi connectivity index (χ4v) is 3.53. The summed E-state index contributed by atoms with van der Waals surface area (Å²) in [5.74, 6) is 1.65. The van der Waals surface area contributed by atoms with Crippen molar-refractivity contribution in [2.45, 2.75) is 39.3 Å². The first-order valence-corrected chi connectivity index (χ1v) is 10.6. The van der Waals surface area contributed by atoms with E-state index in [1.165, 1.54) is 11.1 Å². The number of aliphatic imine (C=N–C) groups is 1. The third-order valence-electron chi connectivity index (χ3n) is 5.19. The Kier molecular flexibility index (Phi) is 8.31. The predicted molar refractivity (Wildman–Crippen MR) is 118 cm³/mol. The summed E-state index contributed by atoms with van der Waals surface area (Å²) in [6, 6.07) is 12.9. The lowest BCUT2D eigenvalue weighted by atomic mass is 10.0. The molecule has 0 radical (unpaired) electrons. The number of guanidine groups is 1. The van der Waals surface area contributed by atoms with Gasteiger partial charge in [-0.2, -0.15) is 0 Å². The van der Waals surface area contributed by atoms with Crippen LogP contribution < -0.4 is 15.4 Å². The molecule has 2 aromatic rings. The molecule has 0 spiro atoms. The number of piperidine rings is 1. The fraction of sp³-hybridized carbons (Fsp3) is 0.478. The predicted octanol–water partition coefficient (Wildman–Crippen LogP) is 2.99. The second kappa shape index (κ2) is 11.4. The lowest BCUT2D eigenvalue weighted by molar-refractivity contribution is 0.198. The minimum absolute atomic E-state index is 0.458. The molecule has 2 heterocycles. The van der Waals surface area contributed by atoms with E-state index in [-0.39, 0.29) is 0 Å². The van der Waals surface area contributed by atoms with Crippen molar-refractivity contribution < 1.29 is 4.74 Å². The maximum Gasteiger partial charge on any atom is 0.191 e. The smallest absolute Gasteiger partial charge is 0.191 e. The Morgan fingerprint density at radius 1 is 1.21 bits per heavy atom. The number of rotatable bonds is 8. The molecule has 1 fully saturated rings. The Morgan fingerprint density at radius 3 is 2.76 bits per heavy atom. The van der Waals surface area contributed by atoms with E-state index in [1.54, 1.807) is 12.4 Å². The first-order chi connectivity index (χ1) is 14.2. The summed E-state index contributed by atoms with van der Waals surface area (Å²) in [5.41, 5.74) is 2.81. The average molecular weight is 396 g/mol. The molecule has 0 aliphatic carbocycles. The molecule has 0 bridgehead atoms. The van der Waals surface area contributed by atoms with Gasteiger partial charge in [0, 0.05) is 38.4 Å². The highest BCUT2D eigenvalue weighted by Crippen LogP contribution is 2.16. The highest BCUT2D eigenvalue weighted by atomic mass is 16.5. The number of benzene rings is 1. The zero-order valence-corrected chi connectivity index (χ0v) is 17.6. The first-order valence-electron chi connectivity index (χ1n) is 10.6. The summed E-state index contributed by atoms with van der Waals surface area (Å²) in [6.45, 7) is 9.54. The Balaban J connectivity index is 1.42. The van der Waals surface area contributed by atoms with Gasteiger partial charge in [-0.15, -0.1) is 0 Å². The SMILES string of the molecule is CCNC(=NCCOc1cccnc1)NC1CCN(Cc2ccccc2C)CC1. The molecule has 29 heavy (non-hydrogen) atoms. The largest absolute Gasteiger partial charge is 0.490 e. The molecule has 1 aromatic carbocycles. The molecular weight excluding hydrogens is 362 g/mol. The number of nitrogens with zero attached hydrogens (tertiary/aromatic N) is 3. The molecule has 0 atom stereocenters. The normalized spacial score (nSPS) is 15.9. The van der Waals surface area contributed by atoms with E-state index in [9.17, 15) is 0 Å². The maximum atomic E-state index is 5.67. The lowest BCUT2D eigenvalue weighted by Crippen LogP contribution is -2.48. The highest BCUT2D eigenvalue weighted by molar-refractivity contribution is 5.80. The zero-order valence-electron chi connectivity index (χ0n) is 17.6. The zero-order chi connectivity index (χ0) is 20.3. The molecule has 3 rings (SSSR count).